The van der Waals surface area contributed by atoms with Crippen molar-refractivity contribution in [1.29, 1.82) is 0 Å². The summed E-state index contributed by atoms with van der Waals surface area (Å²) in [5.41, 5.74) is 1.30. The summed E-state index contributed by atoms with van der Waals surface area (Å²) < 4.78 is 0. The predicted octanol–water partition coefficient (Wildman–Crippen LogP) is 2.74. The molecule has 1 aliphatic heterocycles. The molecule has 0 aliphatic carbocycles. The zero-order chi connectivity index (χ0) is 15.8. The maximum Gasteiger partial charge on any atom is 0.224 e. The van der Waals surface area contributed by atoms with Crippen LogP contribution in [-0.4, -0.2) is 53.4 Å². The molecular formula is C18H29N3O. The van der Waals surface area contributed by atoms with Crippen LogP contribution in [0.3, 0.4) is 0 Å². The molecule has 0 bridgehead atoms. The van der Waals surface area contributed by atoms with Crippen LogP contribution in [0.15, 0.2) is 24.5 Å². The van der Waals surface area contributed by atoms with E-state index in [1.165, 1.54) is 24.8 Å². The Hall–Kier alpha value is -1.42. The fraction of sp³-hybridized carbons (Fsp3) is 0.667. The number of carbonyl (C=O) groups excluding carboxylic acids is 1. The molecule has 1 aromatic rings. The molecule has 1 fully saturated rings. The second-order valence-electron chi connectivity index (χ2n) is 6.30. The number of pyridine rings is 1. The molecule has 22 heavy (non-hydrogen) atoms. The lowest BCUT2D eigenvalue weighted by Crippen LogP contribution is -2.44. The summed E-state index contributed by atoms with van der Waals surface area (Å²) in [6.45, 7) is 4.97. The Morgan fingerprint density at radius 1 is 1.32 bits per heavy atom. The fourth-order valence-corrected chi connectivity index (χ4v) is 3.16. The van der Waals surface area contributed by atoms with Gasteiger partial charge in [-0.1, -0.05) is 6.92 Å². The van der Waals surface area contributed by atoms with Gasteiger partial charge in [-0.3, -0.25) is 9.78 Å². The van der Waals surface area contributed by atoms with Crippen molar-refractivity contribution in [3.05, 3.63) is 30.1 Å². The predicted molar refractivity (Wildman–Crippen MR) is 89.7 cm³/mol. The topological polar surface area (TPSA) is 36.4 Å². The lowest BCUT2D eigenvalue weighted by molar-refractivity contribution is -0.135. The van der Waals surface area contributed by atoms with Crippen LogP contribution in [0.4, 0.5) is 0 Å². The molecule has 1 unspecified atom stereocenters. The molecule has 0 aromatic carbocycles. The van der Waals surface area contributed by atoms with Gasteiger partial charge in [0.1, 0.15) is 0 Å². The molecule has 1 saturated heterocycles. The summed E-state index contributed by atoms with van der Waals surface area (Å²) in [7, 11) is 2.10. The first-order valence-electron chi connectivity index (χ1n) is 8.57. The van der Waals surface area contributed by atoms with Gasteiger partial charge in [-0.2, -0.15) is 0 Å². The average Bonchev–Trinajstić information content (AvgIpc) is 2.58. The zero-order valence-electron chi connectivity index (χ0n) is 14.0. The van der Waals surface area contributed by atoms with Gasteiger partial charge in [-0.05, 0) is 56.8 Å². The molecule has 0 radical (unpaired) electrons. The molecule has 0 N–H and O–H groups in total. The maximum atomic E-state index is 12.4. The Bertz CT molecular complexity index is 449. The summed E-state index contributed by atoms with van der Waals surface area (Å²) in [6, 6.07) is 4.58. The monoisotopic (exact) mass is 303 g/mol. The number of likely N-dealkylation sites (N-methyl/N-ethyl adjacent to an activating group) is 1. The second kappa shape index (κ2) is 8.89. The van der Waals surface area contributed by atoms with E-state index in [1.807, 2.05) is 12.4 Å². The molecule has 1 aliphatic rings. The standard InChI is InChI=1S/C18H29N3O/c1-3-17-6-4-5-13-21(17)18(22)10-15-20(2)14-9-16-7-11-19-12-8-16/h7-8,11-12,17H,3-6,9-10,13-15H2,1-2H3. The molecule has 4 nitrogen and oxygen atoms in total. The lowest BCUT2D eigenvalue weighted by Gasteiger charge is -2.35. The van der Waals surface area contributed by atoms with E-state index in [4.69, 9.17) is 0 Å². The highest BCUT2D eigenvalue weighted by Gasteiger charge is 2.24. The van der Waals surface area contributed by atoms with Crippen LogP contribution in [0.2, 0.25) is 0 Å². The number of carbonyl (C=O) groups is 1. The van der Waals surface area contributed by atoms with E-state index in [9.17, 15) is 4.79 Å². The summed E-state index contributed by atoms with van der Waals surface area (Å²) >= 11 is 0. The van der Waals surface area contributed by atoms with Crippen molar-refractivity contribution >= 4 is 5.91 Å². The van der Waals surface area contributed by atoms with Gasteiger partial charge < -0.3 is 9.80 Å². The SMILES string of the molecule is CCC1CCCCN1C(=O)CCN(C)CCc1ccncc1. The summed E-state index contributed by atoms with van der Waals surface area (Å²) in [5.74, 6) is 0.335. The zero-order valence-corrected chi connectivity index (χ0v) is 14.0. The number of amides is 1. The van der Waals surface area contributed by atoms with Crippen molar-refractivity contribution in [2.24, 2.45) is 0 Å². The van der Waals surface area contributed by atoms with Crippen molar-refractivity contribution in [2.45, 2.75) is 51.5 Å². The number of hydrogen-bond acceptors (Lipinski definition) is 3. The molecule has 1 atom stereocenters. The minimum Gasteiger partial charge on any atom is -0.340 e. The Morgan fingerprint density at radius 2 is 2.09 bits per heavy atom. The first-order valence-corrected chi connectivity index (χ1v) is 8.57. The van der Waals surface area contributed by atoms with Crippen molar-refractivity contribution in [3.63, 3.8) is 0 Å². The van der Waals surface area contributed by atoms with Crippen LogP contribution in [0.25, 0.3) is 0 Å². The highest BCUT2D eigenvalue weighted by Crippen LogP contribution is 2.20. The van der Waals surface area contributed by atoms with Crippen LogP contribution >= 0.6 is 0 Å². The van der Waals surface area contributed by atoms with Gasteiger partial charge in [0.2, 0.25) is 5.91 Å². The normalized spacial score (nSPS) is 18.7. The van der Waals surface area contributed by atoms with Gasteiger partial charge in [-0.25, -0.2) is 0 Å². The van der Waals surface area contributed by atoms with E-state index in [-0.39, 0.29) is 0 Å². The first kappa shape index (κ1) is 16.9. The van der Waals surface area contributed by atoms with E-state index in [0.29, 0.717) is 18.4 Å². The van der Waals surface area contributed by atoms with E-state index in [1.54, 1.807) is 0 Å². The number of rotatable bonds is 7. The summed E-state index contributed by atoms with van der Waals surface area (Å²) in [6.07, 6.45) is 10.0. The number of nitrogens with zero attached hydrogens (tertiary/aromatic N) is 3. The molecule has 4 heteroatoms. The average molecular weight is 303 g/mol. The minimum absolute atomic E-state index is 0.335. The summed E-state index contributed by atoms with van der Waals surface area (Å²) in [5, 5.41) is 0. The Labute approximate surface area is 134 Å². The van der Waals surface area contributed by atoms with E-state index >= 15 is 0 Å². The van der Waals surface area contributed by atoms with Gasteiger partial charge in [0.25, 0.3) is 0 Å². The highest BCUT2D eigenvalue weighted by molar-refractivity contribution is 5.76. The van der Waals surface area contributed by atoms with Crippen LogP contribution in [0, 0.1) is 0 Å². The van der Waals surface area contributed by atoms with Crippen molar-refractivity contribution in [1.82, 2.24) is 14.8 Å². The highest BCUT2D eigenvalue weighted by atomic mass is 16.2. The molecule has 122 valence electrons. The number of hydrogen-bond donors (Lipinski definition) is 0. The fourth-order valence-electron chi connectivity index (χ4n) is 3.16. The van der Waals surface area contributed by atoms with Crippen LogP contribution in [0.5, 0.6) is 0 Å². The Morgan fingerprint density at radius 3 is 2.82 bits per heavy atom. The number of piperidine rings is 1. The molecule has 1 aromatic heterocycles. The largest absolute Gasteiger partial charge is 0.340 e. The van der Waals surface area contributed by atoms with E-state index in [0.717, 1.165) is 32.5 Å². The van der Waals surface area contributed by atoms with Crippen LogP contribution in [-0.2, 0) is 11.2 Å². The smallest absolute Gasteiger partial charge is 0.224 e. The lowest BCUT2D eigenvalue weighted by atomic mass is 9.99. The third-order valence-electron chi connectivity index (χ3n) is 4.66. The minimum atomic E-state index is 0.335. The van der Waals surface area contributed by atoms with Crippen LogP contribution < -0.4 is 0 Å². The number of likely N-dealkylation sites (tertiary alicyclic amines) is 1. The van der Waals surface area contributed by atoms with Crippen molar-refractivity contribution < 1.29 is 4.79 Å². The molecule has 2 rings (SSSR count). The van der Waals surface area contributed by atoms with Gasteiger partial charge in [-0.15, -0.1) is 0 Å². The molecule has 0 saturated carbocycles. The van der Waals surface area contributed by atoms with Gasteiger partial charge in [0.05, 0.1) is 0 Å². The molecule has 1 amide bonds. The third-order valence-corrected chi connectivity index (χ3v) is 4.66. The quantitative estimate of drug-likeness (QED) is 0.777. The van der Waals surface area contributed by atoms with Gasteiger partial charge in [0.15, 0.2) is 0 Å². The Balaban J connectivity index is 1.71. The second-order valence-corrected chi connectivity index (χ2v) is 6.30. The first-order chi connectivity index (χ1) is 10.7. The molecular weight excluding hydrogens is 274 g/mol. The molecule has 0 spiro atoms. The number of aromatic nitrogens is 1. The van der Waals surface area contributed by atoms with Crippen LogP contribution in [0.1, 0.15) is 44.6 Å². The summed E-state index contributed by atoms with van der Waals surface area (Å²) in [4.78, 5) is 20.9. The van der Waals surface area contributed by atoms with Crippen molar-refractivity contribution in [2.75, 3.05) is 26.7 Å². The van der Waals surface area contributed by atoms with Gasteiger partial charge >= 0.3 is 0 Å². The molecule has 2 heterocycles. The maximum absolute atomic E-state index is 12.4. The van der Waals surface area contributed by atoms with E-state index < -0.39 is 0 Å². The van der Waals surface area contributed by atoms with Gasteiger partial charge in [0, 0.05) is 44.5 Å². The van der Waals surface area contributed by atoms with Crippen molar-refractivity contribution in [3.8, 4) is 0 Å². The third kappa shape index (κ3) is 5.09. The van der Waals surface area contributed by atoms with E-state index in [2.05, 4.69) is 40.9 Å². The Kier molecular flexibility index (Phi) is 6.84.